The van der Waals surface area contributed by atoms with Gasteiger partial charge in [0.15, 0.2) is 0 Å². The molecule has 1 fully saturated rings. The predicted octanol–water partition coefficient (Wildman–Crippen LogP) is 2.13. The SMILES string of the molecule is C[C@@H](C=O)[C@H](C[N+](=O)[O-])c1cccc(CNC2CC2)c1. The zero-order valence-electron chi connectivity index (χ0n) is 11.6. The van der Waals surface area contributed by atoms with Crippen molar-refractivity contribution in [2.75, 3.05) is 6.54 Å². The van der Waals surface area contributed by atoms with Gasteiger partial charge < -0.3 is 10.1 Å². The molecule has 0 radical (unpaired) electrons. The van der Waals surface area contributed by atoms with E-state index in [1.807, 2.05) is 24.3 Å². The lowest BCUT2D eigenvalue weighted by Gasteiger charge is -2.17. The molecule has 0 aromatic heterocycles. The number of aldehydes is 1. The van der Waals surface area contributed by atoms with Crippen LogP contribution in [0.3, 0.4) is 0 Å². The summed E-state index contributed by atoms with van der Waals surface area (Å²) in [6.07, 6.45) is 3.25. The summed E-state index contributed by atoms with van der Waals surface area (Å²) in [5, 5.41) is 14.2. The van der Waals surface area contributed by atoms with Gasteiger partial charge in [0, 0.05) is 23.4 Å². The topological polar surface area (TPSA) is 72.2 Å². The minimum Gasteiger partial charge on any atom is -0.310 e. The molecule has 0 aliphatic heterocycles. The number of rotatable bonds is 8. The molecule has 1 aliphatic rings. The van der Waals surface area contributed by atoms with E-state index >= 15 is 0 Å². The number of nitrogens with zero attached hydrogens (tertiary/aromatic N) is 1. The van der Waals surface area contributed by atoms with Gasteiger partial charge in [0.25, 0.3) is 0 Å². The minimum absolute atomic E-state index is 0.209. The largest absolute Gasteiger partial charge is 0.310 e. The molecule has 1 saturated carbocycles. The highest BCUT2D eigenvalue weighted by molar-refractivity contribution is 5.55. The van der Waals surface area contributed by atoms with Crippen LogP contribution in [0.1, 0.15) is 36.8 Å². The summed E-state index contributed by atoms with van der Waals surface area (Å²) < 4.78 is 0. The lowest BCUT2D eigenvalue weighted by atomic mass is 9.87. The normalized spacial score (nSPS) is 17.4. The second kappa shape index (κ2) is 6.61. The zero-order chi connectivity index (χ0) is 14.5. The second-order valence-electron chi connectivity index (χ2n) is 5.52. The van der Waals surface area contributed by atoms with Gasteiger partial charge in [-0.15, -0.1) is 0 Å². The summed E-state index contributed by atoms with van der Waals surface area (Å²) in [4.78, 5) is 21.4. The predicted molar refractivity (Wildman–Crippen MR) is 76.1 cm³/mol. The smallest absolute Gasteiger partial charge is 0.211 e. The first-order valence-corrected chi connectivity index (χ1v) is 6.99. The van der Waals surface area contributed by atoms with Gasteiger partial charge in [0.05, 0.1) is 5.92 Å². The van der Waals surface area contributed by atoms with Crippen LogP contribution >= 0.6 is 0 Å². The molecule has 20 heavy (non-hydrogen) atoms. The Morgan fingerprint density at radius 3 is 2.85 bits per heavy atom. The Kier molecular flexibility index (Phi) is 4.84. The van der Waals surface area contributed by atoms with Crippen molar-refractivity contribution in [3.63, 3.8) is 0 Å². The van der Waals surface area contributed by atoms with E-state index in [9.17, 15) is 14.9 Å². The average Bonchev–Trinajstić information content (AvgIpc) is 3.26. The zero-order valence-corrected chi connectivity index (χ0v) is 11.6. The average molecular weight is 276 g/mol. The van der Waals surface area contributed by atoms with Crippen LogP contribution in [0.5, 0.6) is 0 Å². The fraction of sp³-hybridized carbons (Fsp3) is 0.533. The number of carbonyl (C=O) groups excluding carboxylic acids is 1. The third-order valence-corrected chi connectivity index (χ3v) is 3.75. The molecule has 5 heteroatoms. The fourth-order valence-electron chi connectivity index (χ4n) is 2.31. The van der Waals surface area contributed by atoms with Crippen molar-refractivity contribution in [2.45, 2.75) is 38.3 Å². The highest BCUT2D eigenvalue weighted by atomic mass is 16.6. The van der Waals surface area contributed by atoms with Crippen molar-refractivity contribution in [1.82, 2.24) is 5.32 Å². The maximum absolute atomic E-state index is 11.0. The number of benzene rings is 1. The van der Waals surface area contributed by atoms with Crippen molar-refractivity contribution in [3.05, 3.63) is 45.5 Å². The van der Waals surface area contributed by atoms with Crippen LogP contribution in [0.4, 0.5) is 0 Å². The van der Waals surface area contributed by atoms with E-state index in [2.05, 4.69) is 5.32 Å². The first kappa shape index (κ1) is 14.7. The van der Waals surface area contributed by atoms with Crippen molar-refractivity contribution in [1.29, 1.82) is 0 Å². The first-order chi connectivity index (χ1) is 9.60. The first-order valence-electron chi connectivity index (χ1n) is 6.99. The monoisotopic (exact) mass is 276 g/mol. The van der Waals surface area contributed by atoms with E-state index in [0.717, 1.165) is 24.0 Å². The number of nitro groups is 1. The molecule has 0 heterocycles. The molecule has 108 valence electrons. The molecule has 0 bridgehead atoms. The van der Waals surface area contributed by atoms with Gasteiger partial charge in [0.2, 0.25) is 6.54 Å². The van der Waals surface area contributed by atoms with E-state index in [1.54, 1.807) is 6.92 Å². The molecule has 1 N–H and O–H groups in total. The lowest BCUT2D eigenvalue weighted by Crippen LogP contribution is -2.21. The number of carbonyl (C=O) groups is 1. The quantitative estimate of drug-likeness (QED) is 0.448. The van der Waals surface area contributed by atoms with Crippen molar-refractivity contribution in [2.24, 2.45) is 5.92 Å². The molecule has 1 aromatic carbocycles. The molecule has 5 nitrogen and oxygen atoms in total. The fourth-order valence-corrected chi connectivity index (χ4v) is 2.31. The molecule has 2 rings (SSSR count). The number of hydrogen-bond donors (Lipinski definition) is 1. The van der Waals surface area contributed by atoms with E-state index in [4.69, 9.17) is 0 Å². The molecule has 2 atom stereocenters. The van der Waals surface area contributed by atoms with Gasteiger partial charge >= 0.3 is 0 Å². The summed E-state index contributed by atoms with van der Waals surface area (Å²) in [6, 6.07) is 8.39. The van der Waals surface area contributed by atoms with Crippen LogP contribution in [-0.2, 0) is 11.3 Å². The number of nitrogens with one attached hydrogen (secondary N) is 1. The highest BCUT2D eigenvalue weighted by Gasteiger charge is 2.25. The van der Waals surface area contributed by atoms with Gasteiger partial charge in [0.1, 0.15) is 6.29 Å². The summed E-state index contributed by atoms with van der Waals surface area (Å²) in [6.45, 7) is 2.30. The van der Waals surface area contributed by atoms with E-state index in [0.29, 0.717) is 6.04 Å². The van der Waals surface area contributed by atoms with Crippen LogP contribution < -0.4 is 5.32 Å². The van der Waals surface area contributed by atoms with E-state index in [-0.39, 0.29) is 23.3 Å². The van der Waals surface area contributed by atoms with Gasteiger partial charge in [-0.2, -0.15) is 0 Å². The summed E-state index contributed by atoms with van der Waals surface area (Å²) in [7, 11) is 0. The summed E-state index contributed by atoms with van der Waals surface area (Å²) in [5.74, 6) is -0.713. The summed E-state index contributed by atoms with van der Waals surface area (Å²) >= 11 is 0. The third kappa shape index (κ3) is 4.13. The Balaban J connectivity index is 2.11. The van der Waals surface area contributed by atoms with Crippen LogP contribution in [0.25, 0.3) is 0 Å². The Morgan fingerprint density at radius 2 is 2.25 bits per heavy atom. The molecule has 0 unspecified atom stereocenters. The second-order valence-corrected chi connectivity index (χ2v) is 5.52. The van der Waals surface area contributed by atoms with E-state index < -0.39 is 0 Å². The Morgan fingerprint density at radius 1 is 1.50 bits per heavy atom. The van der Waals surface area contributed by atoms with Gasteiger partial charge in [-0.25, -0.2) is 0 Å². The molecule has 1 aromatic rings. The van der Waals surface area contributed by atoms with Crippen LogP contribution in [-0.4, -0.2) is 23.8 Å². The van der Waals surface area contributed by atoms with Crippen LogP contribution in [0.2, 0.25) is 0 Å². The van der Waals surface area contributed by atoms with Gasteiger partial charge in [-0.05, 0) is 24.0 Å². The van der Waals surface area contributed by atoms with Crippen LogP contribution in [0, 0.1) is 16.0 Å². The van der Waals surface area contributed by atoms with Crippen molar-refractivity contribution < 1.29 is 9.72 Å². The Bertz CT molecular complexity index is 486. The number of hydrogen-bond acceptors (Lipinski definition) is 4. The summed E-state index contributed by atoms with van der Waals surface area (Å²) in [5.41, 5.74) is 1.98. The van der Waals surface area contributed by atoms with Crippen LogP contribution in [0.15, 0.2) is 24.3 Å². The maximum Gasteiger partial charge on any atom is 0.211 e. The molecular weight excluding hydrogens is 256 g/mol. The van der Waals surface area contributed by atoms with E-state index in [1.165, 1.54) is 12.8 Å². The molecule has 0 spiro atoms. The van der Waals surface area contributed by atoms with Crippen molar-refractivity contribution in [3.8, 4) is 0 Å². The highest BCUT2D eigenvalue weighted by Crippen LogP contribution is 2.25. The van der Waals surface area contributed by atoms with Gasteiger partial charge in [-0.3, -0.25) is 10.1 Å². The molecule has 0 amide bonds. The Hall–Kier alpha value is -1.75. The van der Waals surface area contributed by atoms with Crippen molar-refractivity contribution >= 4 is 6.29 Å². The minimum atomic E-state index is -0.358. The molecule has 1 aliphatic carbocycles. The lowest BCUT2D eigenvalue weighted by molar-refractivity contribution is -0.484. The van der Waals surface area contributed by atoms with Gasteiger partial charge in [-0.1, -0.05) is 31.2 Å². The third-order valence-electron chi connectivity index (χ3n) is 3.75. The maximum atomic E-state index is 11.0. The Labute approximate surface area is 118 Å². The molecular formula is C15H20N2O3. The standard InChI is InChI=1S/C15H20N2O3/c1-11(10-18)15(9-17(19)20)13-4-2-3-12(7-13)8-16-14-5-6-14/h2-4,7,10-11,14-16H,5-6,8-9H2,1H3/t11-,15-/m0/s1. The molecule has 0 saturated heterocycles.